The molecule has 0 bridgehead atoms. The van der Waals surface area contributed by atoms with Crippen LogP contribution in [0.2, 0.25) is 0 Å². The fourth-order valence-electron chi connectivity index (χ4n) is 4.73. The Hall–Kier alpha value is -2.44. The molecule has 142 valence electrons. The highest BCUT2D eigenvalue weighted by molar-refractivity contribution is 7.60. The number of benzene rings is 3. The SMILES string of the molecule is COC(=O)CP1CCC(c2ccccc2)C1(c1ccccc1)c1ccccc1. The molecule has 1 aliphatic rings. The predicted octanol–water partition coefficient (Wildman–Crippen LogP) is 5.77. The summed E-state index contributed by atoms with van der Waals surface area (Å²) in [6.45, 7) is 0. The highest BCUT2D eigenvalue weighted by Crippen LogP contribution is 2.71. The minimum absolute atomic E-state index is 0.101. The molecule has 4 rings (SSSR count). The molecule has 28 heavy (non-hydrogen) atoms. The molecule has 0 aliphatic carbocycles. The quantitative estimate of drug-likeness (QED) is 0.410. The zero-order valence-corrected chi connectivity index (χ0v) is 17.0. The number of hydrogen-bond acceptors (Lipinski definition) is 2. The van der Waals surface area contributed by atoms with E-state index in [0.29, 0.717) is 12.1 Å². The maximum Gasteiger partial charge on any atom is 0.309 e. The van der Waals surface area contributed by atoms with Gasteiger partial charge in [0.05, 0.1) is 13.3 Å². The van der Waals surface area contributed by atoms with Crippen LogP contribution in [0.1, 0.15) is 29.0 Å². The van der Waals surface area contributed by atoms with Gasteiger partial charge in [-0.05, 0) is 29.3 Å². The summed E-state index contributed by atoms with van der Waals surface area (Å²) in [6.07, 6.45) is 2.64. The Morgan fingerprint density at radius 1 is 0.893 bits per heavy atom. The monoisotopic (exact) mass is 388 g/mol. The number of esters is 1. The van der Waals surface area contributed by atoms with Gasteiger partial charge in [0.15, 0.2) is 0 Å². The average molecular weight is 388 g/mol. The van der Waals surface area contributed by atoms with Crippen LogP contribution in [0.5, 0.6) is 0 Å². The standard InChI is InChI=1S/C25H25O2P/c1-27-24(26)19-28-18-17-23(20-11-5-2-6-12-20)25(28,21-13-7-3-8-14-21)22-15-9-4-10-16-22/h2-16,23H,17-19H2,1H3. The van der Waals surface area contributed by atoms with Crippen LogP contribution in [-0.2, 0) is 14.7 Å². The molecule has 1 fully saturated rings. The molecule has 3 aromatic carbocycles. The van der Waals surface area contributed by atoms with Gasteiger partial charge >= 0.3 is 5.97 Å². The van der Waals surface area contributed by atoms with Crippen LogP contribution in [0.3, 0.4) is 0 Å². The Labute approximate surface area is 168 Å². The lowest BCUT2D eigenvalue weighted by molar-refractivity contribution is -0.137. The minimum Gasteiger partial charge on any atom is -0.469 e. The summed E-state index contributed by atoms with van der Waals surface area (Å²) in [5.41, 5.74) is 3.97. The average Bonchev–Trinajstić information content (AvgIpc) is 3.15. The summed E-state index contributed by atoms with van der Waals surface area (Å²) < 4.78 is 5.10. The summed E-state index contributed by atoms with van der Waals surface area (Å²) in [7, 11) is 0.867. The second kappa shape index (κ2) is 8.29. The van der Waals surface area contributed by atoms with E-state index in [1.165, 1.54) is 23.8 Å². The van der Waals surface area contributed by atoms with Crippen LogP contribution >= 0.6 is 7.92 Å². The molecule has 2 nitrogen and oxygen atoms in total. The Kier molecular flexibility index (Phi) is 5.59. The molecular weight excluding hydrogens is 363 g/mol. The zero-order valence-electron chi connectivity index (χ0n) is 16.1. The molecule has 1 saturated heterocycles. The van der Waals surface area contributed by atoms with Gasteiger partial charge in [0.1, 0.15) is 0 Å². The van der Waals surface area contributed by atoms with E-state index in [2.05, 4.69) is 91.0 Å². The number of methoxy groups -OCH3 is 1. The van der Waals surface area contributed by atoms with Gasteiger partial charge in [0, 0.05) is 11.1 Å². The van der Waals surface area contributed by atoms with Crippen LogP contribution in [0.25, 0.3) is 0 Å². The largest absolute Gasteiger partial charge is 0.469 e. The summed E-state index contributed by atoms with van der Waals surface area (Å²) >= 11 is 0. The number of carbonyl (C=O) groups is 1. The Morgan fingerprint density at radius 2 is 1.39 bits per heavy atom. The Morgan fingerprint density at radius 3 is 1.89 bits per heavy atom. The lowest BCUT2D eigenvalue weighted by Crippen LogP contribution is -2.31. The summed E-state index contributed by atoms with van der Waals surface area (Å²) in [6, 6.07) is 32.3. The third-order valence-corrected chi connectivity index (χ3v) is 9.13. The molecule has 0 spiro atoms. The van der Waals surface area contributed by atoms with Gasteiger partial charge in [0.2, 0.25) is 0 Å². The van der Waals surface area contributed by atoms with Gasteiger partial charge < -0.3 is 4.74 Å². The molecule has 2 atom stereocenters. The van der Waals surface area contributed by atoms with Crippen LogP contribution < -0.4 is 0 Å². The first kappa shape index (κ1) is 18.9. The van der Waals surface area contributed by atoms with Gasteiger partial charge in [-0.3, -0.25) is 4.79 Å². The van der Waals surface area contributed by atoms with Crippen LogP contribution in [0.4, 0.5) is 0 Å². The number of rotatable bonds is 5. The van der Waals surface area contributed by atoms with Crippen molar-refractivity contribution in [1.82, 2.24) is 0 Å². The smallest absolute Gasteiger partial charge is 0.309 e. The molecule has 0 aromatic heterocycles. The molecule has 0 saturated carbocycles. The Bertz CT molecular complexity index is 870. The van der Waals surface area contributed by atoms with Gasteiger partial charge in [-0.1, -0.05) is 98.9 Å². The lowest BCUT2D eigenvalue weighted by Gasteiger charge is -2.42. The second-order valence-corrected chi connectivity index (χ2v) is 9.80. The fourth-order valence-corrected chi connectivity index (χ4v) is 8.24. The highest BCUT2D eigenvalue weighted by Gasteiger charge is 2.53. The van der Waals surface area contributed by atoms with Crippen LogP contribution in [-0.4, -0.2) is 25.4 Å². The topological polar surface area (TPSA) is 26.3 Å². The third-order valence-electron chi connectivity index (χ3n) is 5.87. The van der Waals surface area contributed by atoms with E-state index >= 15 is 0 Å². The van der Waals surface area contributed by atoms with Crippen molar-refractivity contribution in [2.75, 3.05) is 19.4 Å². The van der Waals surface area contributed by atoms with E-state index in [-0.39, 0.29) is 11.1 Å². The molecule has 3 heteroatoms. The van der Waals surface area contributed by atoms with E-state index in [0.717, 1.165) is 12.6 Å². The molecule has 1 aliphatic heterocycles. The predicted molar refractivity (Wildman–Crippen MR) is 116 cm³/mol. The first-order chi connectivity index (χ1) is 13.8. The second-order valence-electron chi connectivity index (χ2n) is 7.25. The molecule has 3 aromatic rings. The fraction of sp³-hybridized carbons (Fsp3) is 0.240. The molecule has 0 radical (unpaired) electrons. The zero-order chi connectivity index (χ0) is 19.4. The minimum atomic E-state index is -0.628. The van der Waals surface area contributed by atoms with E-state index in [1.54, 1.807) is 0 Å². The van der Waals surface area contributed by atoms with Crippen molar-refractivity contribution < 1.29 is 9.53 Å². The van der Waals surface area contributed by atoms with Gasteiger partial charge in [-0.2, -0.15) is 0 Å². The van der Waals surface area contributed by atoms with Gasteiger partial charge in [-0.15, -0.1) is 0 Å². The molecule has 0 N–H and O–H groups in total. The first-order valence-corrected chi connectivity index (χ1v) is 11.5. The van der Waals surface area contributed by atoms with Gasteiger partial charge in [0.25, 0.3) is 0 Å². The van der Waals surface area contributed by atoms with E-state index in [4.69, 9.17) is 4.74 Å². The number of hydrogen-bond donors (Lipinski definition) is 0. The lowest BCUT2D eigenvalue weighted by atomic mass is 9.75. The van der Waals surface area contributed by atoms with Crippen molar-refractivity contribution in [3.8, 4) is 0 Å². The maximum atomic E-state index is 12.4. The molecule has 1 heterocycles. The molecule has 0 amide bonds. The van der Waals surface area contributed by atoms with E-state index < -0.39 is 7.92 Å². The van der Waals surface area contributed by atoms with Crippen molar-refractivity contribution in [3.63, 3.8) is 0 Å². The third kappa shape index (κ3) is 3.27. The van der Waals surface area contributed by atoms with Crippen molar-refractivity contribution >= 4 is 13.9 Å². The molecule has 2 unspecified atom stereocenters. The maximum absolute atomic E-state index is 12.4. The normalized spacial score (nSPS) is 20.6. The van der Waals surface area contributed by atoms with Gasteiger partial charge in [-0.25, -0.2) is 0 Å². The Balaban J connectivity index is 1.96. The van der Waals surface area contributed by atoms with Crippen LogP contribution in [0.15, 0.2) is 91.0 Å². The van der Waals surface area contributed by atoms with Crippen molar-refractivity contribution in [2.24, 2.45) is 0 Å². The van der Waals surface area contributed by atoms with Crippen molar-refractivity contribution in [1.29, 1.82) is 0 Å². The van der Waals surface area contributed by atoms with E-state index in [9.17, 15) is 4.79 Å². The van der Waals surface area contributed by atoms with Crippen LogP contribution in [0, 0.1) is 0 Å². The van der Waals surface area contributed by atoms with Crippen molar-refractivity contribution in [2.45, 2.75) is 17.5 Å². The van der Waals surface area contributed by atoms with Crippen molar-refractivity contribution in [3.05, 3.63) is 108 Å². The van der Waals surface area contributed by atoms with E-state index in [1.807, 2.05) is 0 Å². The summed E-state index contributed by atoms with van der Waals surface area (Å²) in [5.74, 6) is 0.241. The summed E-state index contributed by atoms with van der Waals surface area (Å²) in [5, 5.41) is -0.187. The molecular formula is C25H25O2P. The number of carbonyl (C=O) groups excluding carboxylic acids is 1. The summed E-state index contributed by atoms with van der Waals surface area (Å²) in [4.78, 5) is 12.4. The highest BCUT2D eigenvalue weighted by atomic mass is 31.1. The first-order valence-electron chi connectivity index (χ1n) is 9.74. The number of ether oxygens (including phenoxy) is 1.